The molecule has 1 aliphatic carbocycles. The lowest BCUT2D eigenvalue weighted by Gasteiger charge is -2.35. The van der Waals surface area contributed by atoms with E-state index < -0.39 is 0 Å². The van der Waals surface area contributed by atoms with Crippen molar-refractivity contribution < 1.29 is 4.79 Å². The summed E-state index contributed by atoms with van der Waals surface area (Å²) in [5, 5.41) is 6.61. The normalized spacial score (nSPS) is 29.1. The third kappa shape index (κ3) is 3.80. The first-order valence-corrected chi connectivity index (χ1v) is 8.56. The molecule has 1 saturated carbocycles. The molecule has 0 aromatic heterocycles. The SMILES string of the molecule is CC1CN(C(=O)NC2CCC(c3ccccc3)CC2)CCN1. The number of nitrogens with one attached hydrogen (secondary N) is 2. The standard InChI is InChI=1S/C18H27N3O/c1-14-13-21(12-11-19-14)18(22)20-17-9-7-16(8-10-17)15-5-3-2-4-6-15/h2-6,14,16-17,19H,7-13H2,1H3,(H,20,22). The Morgan fingerprint density at radius 2 is 1.91 bits per heavy atom. The van der Waals surface area contributed by atoms with E-state index in [2.05, 4.69) is 47.9 Å². The summed E-state index contributed by atoms with van der Waals surface area (Å²) >= 11 is 0. The molecule has 2 fully saturated rings. The highest BCUT2D eigenvalue weighted by molar-refractivity contribution is 5.74. The first kappa shape index (κ1) is 15.3. The van der Waals surface area contributed by atoms with E-state index >= 15 is 0 Å². The Morgan fingerprint density at radius 3 is 2.59 bits per heavy atom. The van der Waals surface area contributed by atoms with Crippen LogP contribution in [0.2, 0.25) is 0 Å². The van der Waals surface area contributed by atoms with Crippen LogP contribution in [0.5, 0.6) is 0 Å². The largest absolute Gasteiger partial charge is 0.335 e. The van der Waals surface area contributed by atoms with Gasteiger partial charge in [0, 0.05) is 31.7 Å². The highest BCUT2D eigenvalue weighted by Gasteiger charge is 2.26. The summed E-state index contributed by atoms with van der Waals surface area (Å²) in [5.74, 6) is 0.661. The predicted molar refractivity (Wildman–Crippen MR) is 89.0 cm³/mol. The Bertz CT molecular complexity index is 482. The van der Waals surface area contributed by atoms with Gasteiger partial charge < -0.3 is 15.5 Å². The number of amides is 2. The number of hydrogen-bond acceptors (Lipinski definition) is 2. The van der Waals surface area contributed by atoms with Crippen molar-refractivity contribution in [1.82, 2.24) is 15.5 Å². The van der Waals surface area contributed by atoms with E-state index in [0.717, 1.165) is 32.5 Å². The molecule has 1 aromatic rings. The minimum Gasteiger partial charge on any atom is -0.335 e. The van der Waals surface area contributed by atoms with Crippen molar-refractivity contribution in [3.05, 3.63) is 35.9 Å². The molecule has 22 heavy (non-hydrogen) atoms. The Kier molecular flexibility index (Phi) is 4.98. The predicted octanol–water partition coefficient (Wildman–Crippen LogP) is 2.72. The Labute approximate surface area is 133 Å². The van der Waals surface area contributed by atoms with E-state index in [4.69, 9.17) is 0 Å². The molecule has 0 spiro atoms. The first-order valence-electron chi connectivity index (χ1n) is 8.56. The number of carbonyl (C=O) groups excluding carboxylic acids is 1. The van der Waals surface area contributed by atoms with E-state index in [9.17, 15) is 4.79 Å². The third-order valence-corrected chi connectivity index (χ3v) is 4.98. The molecule has 1 unspecified atom stereocenters. The van der Waals surface area contributed by atoms with Gasteiger partial charge in [-0.25, -0.2) is 4.79 Å². The van der Waals surface area contributed by atoms with Crippen LogP contribution in [0.15, 0.2) is 30.3 Å². The molecular formula is C18H27N3O. The van der Waals surface area contributed by atoms with Gasteiger partial charge in [-0.2, -0.15) is 0 Å². The second-order valence-corrected chi connectivity index (χ2v) is 6.71. The summed E-state index contributed by atoms with van der Waals surface area (Å²) in [5.41, 5.74) is 1.45. The topological polar surface area (TPSA) is 44.4 Å². The zero-order valence-corrected chi connectivity index (χ0v) is 13.4. The minimum absolute atomic E-state index is 0.122. The molecular weight excluding hydrogens is 274 g/mol. The van der Waals surface area contributed by atoms with Crippen molar-refractivity contribution in [1.29, 1.82) is 0 Å². The van der Waals surface area contributed by atoms with E-state index in [1.807, 2.05) is 4.90 Å². The molecule has 4 nitrogen and oxygen atoms in total. The van der Waals surface area contributed by atoms with Crippen LogP contribution in [0.25, 0.3) is 0 Å². The maximum atomic E-state index is 12.4. The van der Waals surface area contributed by atoms with Gasteiger partial charge in [0.25, 0.3) is 0 Å². The molecule has 2 N–H and O–H groups in total. The molecule has 4 heteroatoms. The summed E-state index contributed by atoms with van der Waals surface area (Å²) < 4.78 is 0. The fourth-order valence-electron chi connectivity index (χ4n) is 3.68. The summed E-state index contributed by atoms with van der Waals surface area (Å²) in [6.45, 7) is 4.65. The van der Waals surface area contributed by atoms with Crippen LogP contribution in [0.1, 0.15) is 44.1 Å². The number of carbonyl (C=O) groups is 1. The van der Waals surface area contributed by atoms with Crippen molar-refractivity contribution in [2.75, 3.05) is 19.6 Å². The third-order valence-electron chi connectivity index (χ3n) is 4.98. The van der Waals surface area contributed by atoms with Gasteiger partial charge in [0.15, 0.2) is 0 Å². The number of rotatable bonds is 2. The maximum absolute atomic E-state index is 12.4. The van der Waals surface area contributed by atoms with Gasteiger partial charge in [-0.1, -0.05) is 30.3 Å². The smallest absolute Gasteiger partial charge is 0.317 e. The second-order valence-electron chi connectivity index (χ2n) is 6.71. The molecule has 2 aliphatic rings. The Morgan fingerprint density at radius 1 is 1.18 bits per heavy atom. The minimum atomic E-state index is 0.122. The van der Waals surface area contributed by atoms with Gasteiger partial charge in [-0.05, 0) is 44.1 Å². The van der Waals surface area contributed by atoms with Gasteiger partial charge >= 0.3 is 6.03 Å². The van der Waals surface area contributed by atoms with Gasteiger partial charge in [0.2, 0.25) is 0 Å². The number of benzene rings is 1. The molecule has 0 radical (unpaired) electrons. The molecule has 1 aliphatic heterocycles. The number of piperazine rings is 1. The lowest BCUT2D eigenvalue weighted by atomic mass is 9.82. The van der Waals surface area contributed by atoms with Gasteiger partial charge in [-0.3, -0.25) is 0 Å². The van der Waals surface area contributed by atoms with Crippen molar-refractivity contribution in [2.45, 2.75) is 50.6 Å². The fraction of sp³-hybridized carbons (Fsp3) is 0.611. The summed E-state index contributed by atoms with van der Waals surface area (Å²) in [4.78, 5) is 14.3. The van der Waals surface area contributed by atoms with Crippen molar-refractivity contribution >= 4 is 6.03 Å². The Balaban J connectivity index is 1.46. The molecule has 0 bridgehead atoms. The molecule has 1 saturated heterocycles. The van der Waals surface area contributed by atoms with Gasteiger partial charge in [-0.15, -0.1) is 0 Å². The molecule has 120 valence electrons. The zero-order valence-electron chi connectivity index (χ0n) is 13.4. The maximum Gasteiger partial charge on any atom is 0.317 e. The molecule has 1 aromatic carbocycles. The molecule has 3 rings (SSSR count). The van der Waals surface area contributed by atoms with Crippen LogP contribution >= 0.6 is 0 Å². The van der Waals surface area contributed by atoms with Crippen LogP contribution in [-0.2, 0) is 0 Å². The van der Waals surface area contributed by atoms with E-state index in [1.54, 1.807) is 0 Å². The number of nitrogens with zero attached hydrogens (tertiary/aromatic N) is 1. The van der Waals surface area contributed by atoms with E-state index in [-0.39, 0.29) is 6.03 Å². The number of hydrogen-bond donors (Lipinski definition) is 2. The summed E-state index contributed by atoms with van der Waals surface area (Å²) in [6.07, 6.45) is 4.53. The molecule has 2 amide bonds. The van der Waals surface area contributed by atoms with Crippen LogP contribution in [0, 0.1) is 0 Å². The first-order chi connectivity index (χ1) is 10.7. The van der Waals surface area contributed by atoms with Crippen LogP contribution in [0.3, 0.4) is 0 Å². The van der Waals surface area contributed by atoms with Crippen molar-refractivity contribution in [3.8, 4) is 0 Å². The van der Waals surface area contributed by atoms with E-state index in [1.165, 1.54) is 18.4 Å². The van der Waals surface area contributed by atoms with Crippen molar-refractivity contribution in [3.63, 3.8) is 0 Å². The summed E-state index contributed by atoms with van der Waals surface area (Å²) in [7, 11) is 0. The zero-order chi connectivity index (χ0) is 15.4. The molecule has 1 heterocycles. The lowest BCUT2D eigenvalue weighted by Crippen LogP contribution is -2.55. The van der Waals surface area contributed by atoms with Gasteiger partial charge in [0.1, 0.15) is 0 Å². The van der Waals surface area contributed by atoms with Crippen LogP contribution in [-0.4, -0.2) is 42.6 Å². The highest BCUT2D eigenvalue weighted by Crippen LogP contribution is 2.32. The lowest BCUT2D eigenvalue weighted by molar-refractivity contribution is 0.172. The second kappa shape index (κ2) is 7.14. The average molecular weight is 301 g/mol. The van der Waals surface area contributed by atoms with Crippen molar-refractivity contribution in [2.24, 2.45) is 0 Å². The van der Waals surface area contributed by atoms with Gasteiger partial charge in [0.05, 0.1) is 0 Å². The Hall–Kier alpha value is -1.55. The monoisotopic (exact) mass is 301 g/mol. The van der Waals surface area contributed by atoms with Crippen LogP contribution in [0.4, 0.5) is 4.79 Å². The van der Waals surface area contributed by atoms with Crippen LogP contribution < -0.4 is 10.6 Å². The number of urea groups is 1. The quantitative estimate of drug-likeness (QED) is 0.882. The summed E-state index contributed by atoms with van der Waals surface area (Å²) in [6, 6.07) is 11.6. The molecule has 1 atom stereocenters. The fourth-order valence-corrected chi connectivity index (χ4v) is 3.68. The average Bonchev–Trinajstić information content (AvgIpc) is 2.56. The van der Waals surface area contributed by atoms with E-state index in [0.29, 0.717) is 18.0 Å². The highest BCUT2D eigenvalue weighted by atomic mass is 16.2.